The van der Waals surface area contributed by atoms with Crippen molar-refractivity contribution in [1.82, 2.24) is 9.80 Å². The molecule has 21 heavy (non-hydrogen) atoms. The molecule has 6 nitrogen and oxygen atoms in total. The third-order valence-corrected chi connectivity index (χ3v) is 7.19. The number of nitrogens with zero attached hydrogens (tertiary/aromatic N) is 2. The Hall–Kier alpha value is -0.310. The van der Waals surface area contributed by atoms with Crippen LogP contribution in [0.25, 0.3) is 0 Å². The highest BCUT2D eigenvalue weighted by atomic mass is 32.2. The molecule has 2 fully saturated rings. The molecule has 2 rings (SSSR count). The van der Waals surface area contributed by atoms with Crippen LogP contribution in [0.4, 0.5) is 0 Å². The van der Waals surface area contributed by atoms with E-state index in [1.54, 1.807) is 4.90 Å². The Bertz CT molecular complexity index is 481. The van der Waals surface area contributed by atoms with Gasteiger partial charge in [0, 0.05) is 24.4 Å². The third kappa shape index (κ3) is 4.84. The van der Waals surface area contributed by atoms with Gasteiger partial charge in [0.25, 0.3) is 0 Å². The quantitative estimate of drug-likeness (QED) is 0.724. The Morgan fingerprint density at radius 3 is 2.71 bits per heavy atom. The molecule has 0 aromatic carbocycles. The standard InChI is InChI=1S/C13H24N2O4S2/c1-14(2)6-10-5-11(16)7-15(10)13(17)8-20-12-3-4-21(18,19)9-12/h10-12,16H,3-9H2,1-2H3. The number of hydrogen-bond donors (Lipinski definition) is 1. The smallest absolute Gasteiger partial charge is 0.232 e. The number of aliphatic hydroxyl groups is 1. The lowest BCUT2D eigenvalue weighted by molar-refractivity contribution is -0.129. The Morgan fingerprint density at radius 2 is 2.14 bits per heavy atom. The Labute approximate surface area is 130 Å². The lowest BCUT2D eigenvalue weighted by Gasteiger charge is -2.27. The summed E-state index contributed by atoms with van der Waals surface area (Å²) in [5.41, 5.74) is 0. The Kier molecular flexibility index (Phi) is 5.56. The van der Waals surface area contributed by atoms with Crippen molar-refractivity contribution in [2.45, 2.75) is 30.2 Å². The molecule has 2 heterocycles. The second-order valence-electron chi connectivity index (χ2n) is 6.19. The summed E-state index contributed by atoms with van der Waals surface area (Å²) in [6, 6.07) is 0.0513. The van der Waals surface area contributed by atoms with Gasteiger partial charge in [0.05, 0.1) is 23.4 Å². The summed E-state index contributed by atoms with van der Waals surface area (Å²) in [7, 11) is 1.01. The number of hydrogen-bond acceptors (Lipinski definition) is 6. The minimum atomic E-state index is -2.89. The van der Waals surface area contributed by atoms with Crippen molar-refractivity contribution in [3.63, 3.8) is 0 Å². The van der Waals surface area contributed by atoms with E-state index in [4.69, 9.17) is 0 Å². The monoisotopic (exact) mass is 336 g/mol. The summed E-state index contributed by atoms with van der Waals surface area (Å²) < 4.78 is 22.8. The predicted octanol–water partition coefficient (Wildman–Crippen LogP) is -0.570. The second kappa shape index (κ2) is 6.85. The molecular formula is C13H24N2O4S2. The van der Waals surface area contributed by atoms with E-state index in [2.05, 4.69) is 0 Å². The molecule has 0 aromatic rings. The number of carbonyl (C=O) groups is 1. The van der Waals surface area contributed by atoms with E-state index >= 15 is 0 Å². The van der Waals surface area contributed by atoms with Gasteiger partial charge in [-0.2, -0.15) is 0 Å². The first-order valence-corrected chi connectivity index (χ1v) is 10.1. The number of aliphatic hydroxyl groups excluding tert-OH is 1. The lowest BCUT2D eigenvalue weighted by Crippen LogP contribution is -2.42. The molecule has 3 atom stereocenters. The molecule has 2 aliphatic heterocycles. The third-order valence-electron chi connectivity index (χ3n) is 3.92. The van der Waals surface area contributed by atoms with E-state index in [0.29, 0.717) is 25.1 Å². The summed E-state index contributed by atoms with van der Waals surface area (Å²) in [5, 5.41) is 9.82. The zero-order chi connectivity index (χ0) is 15.6. The highest BCUT2D eigenvalue weighted by Gasteiger charge is 2.35. The van der Waals surface area contributed by atoms with Gasteiger partial charge in [0.2, 0.25) is 5.91 Å². The molecule has 2 aliphatic rings. The summed E-state index contributed by atoms with van der Waals surface area (Å²) in [6.07, 6.45) is 0.812. The van der Waals surface area contributed by atoms with Crippen LogP contribution in [0.15, 0.2) is 0 Å². The summed E-state index contributed by atoms with van der Waals surface area (Å²) in [4.78, 5) is 16.1. The van der Waals surface area contributed by atoms with Crippen molar-refractivity contribution in [2.75, 3.05) is 44.4 Å². The van der Waals surface area contributed by atoms with Crippen LogP contribution in [0.1, 0.15) is 12.8 Å². The first kappa shape index (κ1) is 17.1. The van der Waals surface area contributed by atoms with Crippen molar-refractivity contribution in [3.05, 3.63) is 0 Å². The maximum absolute atomic E-state index is 12.3. The van der Waals surface area contributed by atoms with Gasteiger partial charge in [-0.25, -0.2) is 8.42 Å². The number of β-amino-alcohol motifs (C(OH)–C–C–N with tert-alkyl or cyclic N) is 1. The zero-order valence-corrected chi connectivity index (χ0v) is 14.2. The molecule has 0 saturated carbocycles. The SMILES string of the molecule is CN(C)CC1CC(O)CN1C(=O)CSC1CCS(=O)(=O)C1. The van der Waals surface area contributed by atoms with E-state index in [1.165, 1.54) is 11.8 Å². The minimum Gasteiger partial charge on any atom is -0.391 e. The maximum Gasteiger partial charge on any atom is 0.232 e. The fraction of sp³-hybridized carbons (Fsp3) is 0.923. The molecule has 3 unspecified atom stereocenters. The molecule has 122 valence electrons. The van der Waals surface area contributed by atoms with Crippen LogP contribution >= 0.6 is 11.8 Å². The number of amides is 1. The van der Waals surface area contributed by atoms with Crippen LogP contribution in [-0.4, -0.2) is 91.1 Å². The highest BCUT2D eigenvalue weighted by Crippen LogP contribution is 2.26. The average molecular weight is 336 g/mol. The van der Waals surface area contributed by atoms with Crippen molar-refractivity contribution in [2.24, 2.45) is 0 Å². The van der Waals surface area contributed by atoms with E-state index in [1.807, 2.05) is 19.0 Å². The normalized spacial score (nSPS) is 32.0. The highest BCUT2D eigenvalue weighted by molar-refractivity contribution is 8.02. The van der Waals surface area contributed by atoms with Crippen molar-refractivity contribution < 1.29 is 18.3 Å². The molecule has 0 aliphatic carbocycles. The van der Waals surface area contributed by atoms with Crippen molar-refractivity contribution in [3.8, 4) is 0 Å². The van der Waals surface area contributed by atoms with Crippen LogP contribution in [-0.2, 0) is 14.6 Å². The fourth-order valence-corrected chi connectivity index (χ4v) is 6.48. The van der Waals surface area contributed by atoms with Gasteiger partial charge in [0.15, 0.2) is 9.84 Å². The molecular weight excluding hydrogens is 312 g/mol. The summed E-state index contributed by atoms with van der Waals surface area (Å²) >= 11 is 1.44. The molecule has 0 bridgehead atoms. The van der Waals surface area contributed by atoms with Crippen LogP contribution in [0, 0.1) is 0 Å². The van der Waals surface area contributed by atoms with Crippen LogP contribution in [0.2, 0.25) is 0 Å². The van der Waals surface area contributed by atoms with Crippen LogP contribution in [0.5, 0.6) is 0 Å². The number of carbonyl (C=O) groups excluding carboxylic acids is 1. The number of rotatable bonds is 5. The van der Waals surface area contributed by atoms with Crippen molar-refractivity contribution >= 4 is 27.5 Å². The first-order valence-electron chi connectivity index (χ1n) is 7.21. The van der Waals surface area contributed by atoms with Crippen LogP contribution < -0.4 is 0 Å². The van der Waals surface area contributed by atoms with Crippen LogP contribution in [0.3, 0.4) is 0 Å². The molecule has 1 N–H and O–H groups in total. The zero-order valence-electron chi connectivity index (χ0n) is 12.6. The van der Waals surface area contributed by atoms with Gasteiger partial charge in [-0.1, -0.05) is 0 Å². The van der Waals surface area contributed by atoms with E-state index in [9.17, 15) is 18.3 Å². The molecule has 1 amide bonds. The van der Waals surface area contributed by atoms with Gasteiger partial charge in [-0.15, -0.1) is 11.8 Å². The molecule has 0 spiro atoms. The van der Waals surface area contributed by atoms with Gasteiger partial charge in [0.1, 0.15) is 0 Å². The summed E-state index contributed by atoms with van der Waals surface area (Å²) in [5.74, 6) is 0.739. The molecule has 2 saturated heterocycles. The van der Waals surface area contributed by atoms with E-state index < -0.39 is 15.9 Å². The van der Waals surface area contributed by atoms with Crippen molar-refractivity contribution in [1.29, 1.82) is 0 Å². The Morgan fingerprint density at radius 1 is 1.43 bits per heavy atom. The first-order chi connectivity index (χ1) is 9.77. The molecule has 0 radical (unpaired) electrons. The number of thioether (sulfide) groups is 1. The summed E-state index contributed by atoms with van der Waals surface area (Å²) in [6.45, 7) is 1.13. The second-order valence-corrected chi connectivity index (χ2v) is 9.71. The van der Waals surface area contributed by atoms with Gasteiger partial charge < -0.3 is 14.9 Å². The number of likely N-dealkylation sites (tertiary alicyclic amines) is 1. The van der Waals surface area contributed by atoms with Gasteiger partial charge >= 0.3 is 0 Å². The topological polar surface area (TPSA) is 77.9 Å². The van der Waals surface area contributed by atoms with E-state index in [-0.39, 0.29) is 28.7 Å². The molecule has 0 aromatic heterocycles. The number of likely N-dealkylation sites (N-methyl/N-ethyl adjacent to an activating group) is 1. The largest absolute Gasteiger partial charge is 0.391 e. The fourth-order valence-electron chi connectivity index (χ4n) is 2.96. The predicted molar refractivity (Wildman–Crippen MR) is 84.2 cm³/mol. The maximum atomic E-state index is 12.3. The minimum absolute atomic E-state index is 0.00713. The van der Waals surface area contributed by atoms with Gasteiger partial charge in [-0.3, -0.25) is 4.79 Å². The average Bonchev–Trinajstić information content (AvgIpc) is 2.88. The van der Waals surface area contributed by atoms with Gasteiger partial charge in [-0.05, 0) is 26.9 Å². The Balaban J connectivity index is 1.84. The van der Waals surface area contributed by atoms with E-state index in [0.717, 1.165) is 6.54 Å². The number of sulfone groups is 1. The lowest BCUT2D eigenvalue weighted by atomic mass is 10.2. The molecule has 8 heteroatoms.